The van der Waals surface area contributed by atoms with E-state index in [1.807, 2.05) is 6.92 Å². The van der Waals surface area contributed by atoms with Gasteiger partial charge in [-0.1, -0.05) is 6.07 Å². The molecule has 0 unspecified atom stereocenters. The van der Waals surface area contributed by atoms with Crippen LogP contribution in [0.5, 0.6) is 0 Å². The van der Waals surface area contributed by atoms with Crippen LogP contribution in [-0.4, -0.2) is 39.5 Å². The summed E-state index contributed by atoms with van der Waals surface area (Å²) in [4.78, 5) is -0.344. The van der Waals surface area contributed by atoms with Crippen molar-refractivity contribution in [3.05, 3.63) is 29.6 Å². The van der Waals surface area contributed by atoms with Crippen molar-refractivity contribution in [2.75, 3.05) is 26.8 Å². The molecule has 0 heterocycles. The van der Waals surface area contributed by atoms with Crippen LogP contribution >= 0.6 is 0 Å². The Balaban J connectivity index is 2.93. The van der Waals surface area contributed by atoms with Crippen molar-refractivity contribution in [2.45, 2.75) is 18.4 Å². The predicted molar refractivity (Wildman–Crippen MR) is 70.6 cm³/mol. The number of nitrogens with two attached hydrogens (primary N) is 1. The molecule has 0 saturated heterocycles. The molecular weight excluding hydrogens is 271 g/mol. The van der Waals surface area contributed by atoms with Gasteiger partial charge in [-0.25, -0.2) is 12.8 Å². The van der Waals surface area contributed by atoms with Crippen LogP contribution in [0.2, 0.25) is 0 Å². The molecule has 19 heavy (non-hydrogen) atoms. The molecule has 0 fully saturated rings. The molecule has 1 rings (SSSR count). The topological polar surface area (TPSA) is 72.6 Å². The van der Waals surface area contributed by atoms with Gasteiger partial charge < -0.3 is 10.5 Å². The lowest BCUT2D eigenvalue weighted by atomic mass is 10.2. The van der Waals surface area contributed by atoms with Crippen molar-refractivity contribution in [1.82, 2.24) is 4.31 Å². The van der Waals surface area contributed by atoms with Crippen LogP contribution in [0, 0.1) is 5.82 Å². The van der Waals surface area contributed by atoms with E-state index in [0.717, 1.165) is 10.4 Å². The maximum absolute atomic E-state index is 13.8. The first-order valence-electron chi connectivity index (χ1n) is 5.96. The van der Waals surface area contributed by atoms with E-state index in [4.69, 9.17) is 10.5 Å². The zero-order chi connectivity index (χ0) is 14.5. The number of sulfonamides is 1. The minimum atomic E-state index is -3.84. The Labute approximate surface area is 113 Å². The fourth-order valence-corrected chi connectivity index (χ4v) is 2.70. The third-order valence-corrected chi connectivity index (χ3v) is 4.56. The molecule has 2 N–H and O–H groups in total. The quantitative estimate of drug-likeness (QED) is 0.759. The molecule has 0 bridgehead atoms. The van der Waals surface area contributed by atoms with Crippen molar-refractivity contribution in [1.29, 1.82) is 0 Å². The smallest absolute Gasteiger partial charge is 0.245 e. The van der Waals surface area contributed by atoms with Gasteiger partial charge in [-0.2, -0.15) is 4.31 Å². The molecule has 0 aromatic heterocycles. The molecule has 0 aliphatic heterocycles. The van der Waals surface area contributed by atoms with Gasteiger partial charge in [-0.3, -0.25) is 0 Å². The number of halogens is 1. The summed E-state index contributed by atoms with van der Waals surface area (Å²) < 4.78 is 44.2. The van der Waals surface area contributed by atoms with Crippen LogP contribution in [0.4, 0.5) is 4.39 Å². The summed E-state index contributed by atoms with van der Waals surface area (Å²) in [5, 5.41) is 0. The molecule has 0 radical (unpaired) electrons. The van der Waals surface area contributed by atoms with Crippen molar-refractivity contribution in [3.8, 4) is 0 Å². The zero-order valence-electron chi connectivity index (χ0n) is 11.1. The standard InChI is InChI=1S/C12H19FN2O3S/c1-3-18-7-6-15(2)19(16,17)12-5-4-10(9-14)8-11(12)13/h4-5,8H,3,6-7,9,14H2,1-2H3. The Hall–Kier alpha value is -1.02. The molecule has 0 aliphatic carbocycles. The lowest BCUT2D eigenvalue weighted by molar-refractivity contribution is 0.138. The lowest BCUT2D eigenvalue weighted by Crippen LogP contribution is -2.31. The molecule has 0 spiro atoms. The molecule has 5 nitrogen and oxygen atoms in total. The van der Waals surface area contributed by atoms with Gasteiger partial charge in [0, 0.05) is 26.7 Å². The normalized spacial score (nSPS) is 12.1. The first-order chi connectivity index (χ1) is 8.93. The fourth-order valence-electron chi connectivity index (χ4n) is 1.51. The second kappa shape index (κ2) is 6.95. The molecule has 108 valence electrons. The first-order valence-corrected chi connectivity index (χ1v) is 7.40. The van der Waals surface area contributed by atoms with E-state index in [9.17, 15) is 12.8 Å². The van der Waals surface area contributed by atoms with Crippen LogP contribution in [0.3, 0.4) is 0 Å². The van der Waals surface area contributed by atoms with Gasteiger partial charge in [0.2, 0.25) is 10.0 Å². The highest BCUT2D eigenvalue weighted by Gasteiger charge is 2.24. The van der Waals surface area contributed by atoms with Crippen molar-refractivity contribution < 1.29 is 17.5 Å². The summed E-state index contributed by atoms with van der Waals surface area (Å²) in [6.07, 6.45) is 0. The molecule has 1 aromatic rings. The molecule has 7 heteroatoms. The van der Waals surface area contributed by atoms with Crippen LogP contribution in [0.15, 0.2) is 23.1 Å². The van der Waals surface area contributed by atoms with Crippen LogP contribution < -0.4 is 5.73 Å². The number of hydrogen-bond acceptors (Lipinski definition) is 4. The van der Waals surface area contributed by atoms with E-state index in [2.05, 4.69) is 0 Å². The molecule has 1 aromatic carbocycles. The van der Waals surface area contributed by atoms with Gasteiger partial charge in [-0.05, 0) is 24.6 Å². The summed E-state index contributed by atoms with van der Waals surface area (Å²) in [5.41, 5.74) is 5.93. The maximum atomic E-state index is 13.8. The van der Waals surface area contributed by atoms with Crippen molar-refractivity contribution >= 4 is 10.0 Å². The van der Waals surface area contributed by atoms with Crippen LogP contribution in [0.25, 0.3) is 0 Å². The summed E-state index contributed by atoms with van der Waals surface area (Å²) in [6.45, 7) is 2.94. The average molecular weight is 290 g/mol. The fraction of sp³-hybridized carbons (Fsp3) is 0.500. The molecule has 0 aliphatic rings. The Kier molecular flexibility index (Phi) is 5.86. The number of rotatable bonds is 7. The van der Waals surface area contributed by atoms with Gasteiger partial charge >= 0.3 is 0 Å². The summed E-state index contributed by atoms with van der Waals surface area (Å²) in [5.74, 6) is -0.786. The van der Waals surface area contributed by atoms with E-state index >= 15 is 0 Å². The minimum absolute atomic E-state index is 0.164. The van der Waals surface area contributed by atoms with Gasteiger partial charge in [0.1, 0.15) is 10.7 Å². The number of nitrogens with zero attached hydrogens (tertiary/aromatic N) is 1. The second-order valence-corrected chi connectivity index (χ2v) is 6.01. The summed E-state index contributed by atoms with van der Waals surface area (Å²) >= 11 is 0. The number of benzene rings is 1. The number of hydrogen-bond donors (Lipinski definition) is 1. The molecular formula is C12H19FN2O3S. The van der Waals surface area contributed by atoms with Gasteiger partial charge in [0.05, 0.1) is 6.61 Å². The average Bonchev–Trinajstić information content (AvgIpc) is 2.38. The summed E-state index contributed by atoms with van der Waals surface area (Å²) in [7, 11) is -2.44. The monoisotopic (exact) mass is 290 g/mol. The molecule has 0 atom stereocenters. The van der Waals surface area contributed by atoms with Gasteiger partial charge in [0.15, 0.2) is 0 Å². The SMILES string of the molecule is CCOCCN(C)S(=O)(=O)c1ccc(CN)cc1F. The Morgan fingerprint density at radius 3 is 2.63 bits per heavy atom. The Morgan fingerprint density at radius 1 is 1.42 bits per heavy atom. The largest absolute Gasteiger partial charge is 0.380 e. The Bertz CT molecular complexity index is 520. The highest BCUT2D eigenvalue weighted by molar-refractivity contribution is 7.89. The van der Waals surface area contributed by atoms with Crippen molar-refractivity contribution in [3.63, 3.8) is 0 Å². The Morgan fingerprint density at radius 2 is 2.11 bits per heavy atom. The van der Waals surface area contributed by atoms with E-state index in [1.165, 1.54) is 19.2 Å². The van der Waals surface area contributed by atoms with E-state index in [0.29, 0.717) is 12.2 Å². The van der Waals surface area contributed by atoms with Gasteiger partial charge in [-0.15, -0.1) is 0 Å². The minimum Gasteiger partial charge on any atom is -0.380 e. The number of ether oxygens (including phenoxy) is 1. The second-order valence-electron chi connectivity index (χ2n) is 3.99. The zero-order valence-corrected chi connectivity index (χ0v) is 11.9. The lowest BCUT2D eigenvalue weighted by Gasteiger charge is -2.17. The summed E-state index contributed by atoms with van der Waals surface area (Å²) in [6, 6.07) is 3.89. The predicted octanol–water partition coefficient (Wildman–Crippen LogP) is 0.941. The third kappa shape index (κ3) is 3.97. The van der Waals surface area contributed by atoms with E-state index in [1.54, 1.807) is 0 Å². The third-order valence-electron chi connectivity index (χ3n) is 2.67. The highest BCUT2D eigenvalue weighted by atomic mass is 32.2. The van der Waals surface area contributed by atoms with Crippen molar-refractivity contribution in [2.24, 2.45) is 5.73 Å². The first kappa shape index (κ1) is 16.0. The van der Waals surface area contributed by atoms with E-state index in [-0.39, 0.29) is 24.6 Å². The van der Waals surface area contributed by atoms with Crippen LogP contribution in [-0.2, 0) is 21.3 Å². The molecule has 0 amide bonds. The number of likely N-dealkylation sites (N-methyl/N-ethyl adjacent to an activating group) is 1. The molecule has 0 saturated carbocycles. The van der Waals surface area contributed by atoms with E-state index < -0.39 is 15.8 Å². The highest BCUT2D eigenvalue weighted by Crippen LogP contribution is 2.19. The maximum Gasteiger partial charge on any atom is 0.245 e. The van der Waals surface area contributed by atoms with Crippen LogP contribution in [0.1, 0.15) is 12.5 Å². The van der Waals surface area contributed by atoms with Gasteiger partial charge in [0.25, 0.3) is 0 Å².